The van der Waals surface area contributed by atoms with Crippen LogP contribution >= 0.6 is 0 Å². The maximum absolute atomic E-state index is 5.74. The predicted octanol–water partition coefficient (Wildman–Crippen LogP) is 3.47. The van der Waals surface area contributed by atoms with Gasteiger partial charge in [-0.1, -0.05) is 6.92 Å². The highest BCUT2D eigenvalue weighted by Crippen LogP contribution is 2.27. The van der Waals surface area contributed by atoms with E-state index in [0.717, 1.165) is 48.3 Å². The van der Waals surface area contributed by atoms with Crippen molar-refractivity contribution < 1.29 is 9.47 Å². The highest BCUT2D eigenvalue weighted by Gasteiger charge is 2.26. The van der Waals surface area contributed by atoms with E-state index in [1.165, 1.54) is 0 Å². The normalized spacial score (nSPS) is 21.6. The molecule has 1 fully saturated rings. The van der Waals surface area contributed by atoms with Crippen LogP contribution in [0.15, 0.2) is 30.5 Å². The Morgan fingerprint density at radius 2 is 2.29 bits per heavy atom. The van der Waals surface area contributed by atoms with Crippen molar-refractivity contribution in [2.75, 3.05) is 25.6 Å². The molecule has 0 spiro atoms. The number of ether oxygens (including phenoxy) is 2. The molecule has 2 heterocycles. The van der Waals surface area contributed by atoms with Crippen molar-refractivity contribution in [3.8, 4) is 5.75 Å². The summed E-state index contributed by atoms with van der Waals surface area (Å²) in [5, 5.41) is 5.77. The summed E-state index contributed by atoms with van der Waals surface area (Å²) in [5.74, 6) is 2.39. The van der Waals surface area contributed by atoms with E-state index in [1.54, 1.807) is 7.11 Å². The Kier molecular flexibility index (Phi) is 4.25. The van der Waals surface area contributed by atoms with Gasteiger partial charge in [0.25, 0.3) is 0 Å². The molecule has 0 saturated carbocycles. The van der Waals surface area contributed by atoms with E-state index in [0.29, 0.717) is 12.0 Å². The van der Waals surface area contributed by atoms with Gasteiger partial charge in [-0.15, -0.1) is 0 Å². The second kappa shape index (κ2) is 6.31. The molecule has 4 nitrogen and oxygen atoms in total. The van der Waals surface area contributed by atoms with Crippen molar-refractivity contribution in [2.45, 2.75) is 25.9 Å². The lowest BCUT2D eigenvalue weighted by atomic mass is 9.99. The zero-order chi connectivity index (χ0) is 14.7. The first-order chi connectivity index (χ1) is 10.3. The molecule has 1 aromatic carbocycles. The maximum Gasteiger partial charge on any atom is 0.133 e. The van der Waals surface area contributed by atoms with Crippen molar-refractivity contribution in [3.05, 3.63) is 30.5 Å². The van der Waals surface area contributed by atoms with E-state index >= 15 is 0 Å². The number of nitrogens with one attached hydrogen (secondary N) is 1. The van der Waals surface area contributed by atoms with Gasteiger partial charge in [-0.3, -0.25) is 0 Å². The smallest absolute Gasteiger partial charge is 0.133 e. The molecular formula is C17H22N2O2. The van der Waals surface area contributed by atoms with Crippen LogP contribution in [0, 0.1) is 5.92 Å². The Labute approximate surface area is 125 Å². The second-order valence-electron chi connectivity index (χ2n) is 5.49. The molecule has 1 aromatic heterocycles. The van der Waals surface area contributed by atoms with Gasteiger partial charge >= 0.3 is 0 Å². The molecule has 1 saturated heterocycles. The minimum atomic E-state index is 0.382. The molecule has 0 amide bonds. The van der Waals surface area contributed by atoms with Crippen LogP contribution in [0.5, 0.6) is 5.75 Å². The number of aromatic nitrogens is 1. The number of nitrogens with zero attached hydrogens (tertiary/aromatic N) is 1. The molecule has 2 unspecified atom stereocenters. The molecule has 1 aliphatic rings. The third-order valence-electron chi connectivity index (χ3n) is 4.25. The largest absolute Gasteiger partial charge is 0.497 e. The first-order valence-corrected chi connectivity index (χ1v) is 7.60. The molecule has 4 heteroatoms. The summed E-state index contributed by atoms with van der Waals surface area (Å²) in [6.07, 6.45) is 4.43. The number of benzene rings is 1. The molecule has 0 radical (unpaired) electrons. The van der Waals surface area contributed by atoms with E-state index in [4.69, 9.17) is 9.47 Å². The summed E-state index contributed by atoms with van der Waals surface area (Å²) in [6, 6.07) is 8.08. The van der Waals surface area contributed by atoms with E-state index in [-0.39, 0.29) is 0 Å². The summed E-state index contributed by atoms with van der Waals surface area (Å²) < 4.78 is 11.0. The van der Waals surface area contributed by atoms with Crippen LogP contribution in [0.25, 0.3) is 10.8 Å². The van der Waals surface area contributed by atoms with Crippen LogP contribution in [0.4, 0.5) is 5.82 Å². The van der Waals surface area contributed by atoms with Crippen LogP contribution in [0.2, 0.25) is 0 Å². The molecule has 3 rings (SSSR count). The summed E-state index contributed by atoms with van der Waals surface area (Å²) in [5.41, 5.74) is 0. The third-order valence-corrected chi connectivity index (χ3v) is 4.25. The van der Waals surface area contributed by atoms with Crippen molar-refractivity contribution in [1.82, 2.24) is 4.98 Å². The van der Waals surface area contributed by atoms with Crippen molar-refractivity contribution in [3.63, 3.8) is 0 Å². The number of hydrogen-bond donors (Lipinski definition) is 1. The minimum Gasteiger partial charge on any atom is -0.497 e. The molecule has 112 valence electrons. The van der Waals surface area contributed by atoms with Crippen LogP contribution in [-0.2, 0) is 4.74 Å². The van der Waals surface area contributed by atoms with E-state index in [9.17, 15) is 0 Å². The van der Waals surface area contributed by atoms with Gasteiger partial charge in [0.2, 0.25) is 0 Å². The molecule has 2 aromatic rings. The number of methoxy groups -OCH3 is 1. The third kappa shape index (κ3) is 2.95. The van der Waals surface area contributed by atoms with E-state index < -0.39 is 0 Å². The quantitative estimate of drug-likeness (QED) is 0.914. The van der Waals surface area contributed by atoms with E-state index in [2.05, 4.69) is 23.3 Å². The molecular weight excluding hydrogens is 264 g/mol. The van der Waals surface area contributed by atoms with Crippen molar-refractivity contribution in [1.29, 1.82) is 0 Å². The number of pyridine rings is 1. The Hall–Kier alpha value is -1.81. The van der Waals surface area contributed by atoms with Crippen LogP contribution in [0.3, 0.4) is 0 Å². The van der Waals surface area contributed by atoms with Gasteiger partial charge in [-0.05, 0) is 42.5 Å². The average Bonchev–Trinajstić information content (AvgIpc) is 2.99. The lowest BCUT2D eigenvalue weighted by molar-refractivity contribution is 0.0900. The first-order valence-electron chi connectivity index (χ1n) is 7.60. The molecule has 21 heavy (non-hydrogen) atoms. The average molecular weight is 286 g/mol. The van der Waals surface area contributed by atoms with Crippen LogP contribution in [-0.4, -0.2) is 31.3 Å². The zero-order valence-corrected chi connectivity index (χ0v) is 12.6. The Balaban J connectivity index is 1.77. The molecule has 1 aliphatic heterocycles. The van der Waals surface area contributed by atoms with Gasteiger partial charge in [0.05, 0.1) is 13.2 Å². The van der Waals surface area contributed by atoms with Crippen molar-refractivity contribution >= 4 is 16.6 Å². The van der Waals surface area contributed by atoms with Gasteiger partial charge in [0, 0.05) is 30.7 Å². The standard InChI is InChI=1S/C17H22N2O2/c1-3-16-13(7-9-21-16)11-19-17-15-5-4-14(20-2)10-12(15)6-8-18-17/h4-6,8,10,13,16H,3,7,9,11H2,1-2H3,(H,18,19). The monoisotopic (exact) mass is 286 g/mol. The summed E-state index contributed by atoms with van der Waals surface area (Å²) in [4.78, 5) is 4.48. The lowest BCUT2D eigenvalue weighted by Gasteiger charge is -2.18. The van der Waals surface area contributed by atoms with Gasteiger partial charge in [0.1, 0.15) is 11.6 Å². The number of rotatable bonds is 5. The molecule has 0 aliphatic carbocycles. The van der Waals surface area contributed by atoms with E-state index in [1.807, 2.05) is 24.4 Å². The first kappa shape index (κ1) is 14.1. The van der Waals surface area contributed by atoms with Gasteiger partial charge in [0.15, 0.2) is 0 Å². The fourth-order valence-corrected chi connectivity index (χ4v) is 3.03. The van der Waals surface area contributed by atoms with Crippen LogP contribution < -0.4 is 10.1 Å². The topological polar surface area (TPSA) is 43.4 Å². The van der Waals surface area contributed by atoms with Crippen molar-refractivity contribution in [2.24, 2.45) is 5.92 Å². The molecule has 0 bridgehead atoms. The summed E-state index contributed by atoms with van der Waals surface area (Å²) in [7, 11) is 1.69. The SMILES string of the molecule is CCC1OCCC1CNc1nccc2cc(OC)ccc12. The summed E-state index contributed by atoms with van der Waals surface area (Å²) in [6.45, 7) is 3.98. The van der Waals surface area contributed by atoms with Crippen LogP contribution in [0.1, 0.15) is 19.8 Å². The fraction of sp³-hybridized carbons (Fsp3) is 0.471. The van der Waals surface area contributed by atoms with Gasteiger partial charge in [-0.25, -0.2) is 4.98 Å². The highest BCUT2D eigenvalue weighted by molar-refractivity contribution is 5.92. The zero-order valence-electron chi connectivity index (χ0n) is 12.6. The van der Waals surface area contributed by atoms with Gasteiger partial charge in [-0.2, -0.15) is 0 Å². The predicted molar refractivity (Wildman–Crippen MR) is 84.9 cm³/mol. The maximum atomic E-state index is 5.74. The summed E-state index contributed by atoms with van der Waals surface area (Å²) >= 11 is 0. The Morgan fingerprint density at radius 1 is 1.38 bits per heavy atom. The number of fused-ring (bicyclic) bond motifs is 1. The molecule has 1 N–H and O–H groups in total. The lowest BCUT2D eigenvalue weighted by Crippen LogP contribution is -2.23. The Morgan fingerprint density at radius 3 is 3.10 bits per heavy atom. The van der Waals surface area contributed by atoms with Gasteiger partial charge < -0.3 is 14.8 Å². The second-order valence-corrected chi connectivity index (χ2v) is 5.49. The fourth-order valence-electron chi connectivity index (χ4n) is 3.03. The number of anilines is 1. The highest BCUT2D eigenvalue weighted by atomic mass is 16.5. The molecule has 2 atom stereocenters. The Bertz CT molecular complexity index is 615. The number of hydrogen-bond acceptors (Lipinski definition) is 4. The minimum absolute atomic E-state index is 0.382.